The lowest BCUT2D eigenvalue weighted by Crippen LogP contribution is -2.12. The van der Waals surface area contributed by atoms with Crippen molar-refractivity contribution in [1.82, 2.24) is 14.9 Å². The summed E-state index contributed by atoms with van der Waals surface area (Å²) >= 11 is 0. The summed E-state index contributed by atoms with van der Waals surface area (Å²) in [6, 6.07) is 10.8. The number of nitrogens with one attached hydrogen (secondary N) is 1. The molecule has 0 aliphatic heterocycles. The highest BCUT2D eigenvalue weighted by Gasteiger charge is 2.11. The van der Waals surface area contributed by atoms with Crippen LogP contribution in [0.4, 0.5) is 5.82 Å². The molecule has 0 aliphatic carbocycles. The van der Waals surface area contributed by atoms with Gasteiger partial charge in [-0.05, 0) is 26.0 Å². The van der Waals surface area contributed by atoms with Gasteiger partial charge in [0.05, 0.1) is 12.2 Å². The highest BCUT2D eigenvalue weighted by Crippen LogP contribution is 2.14. The summed E-state index contributed by atoms with van der Waals surface area (Å²) in [6.45, 7) is 8.33. The van der Waals surface area contributed by atoms with Gasteiger partial charge in [0.1, 0.15) is 5.76 Å². The quantitative estimate of drug-likeness (QED) is 0.791. The van der Waals surface area contributed by atoms with Crippen LogP contribution in [0, 0.1) is 13.8 Å². The zero-order chi connectivity index (χ0) is 17.5. The number of carbonyl (C=O) groups excluding carboxylic acids is 1. The predicted octanol–water partition coefficient (Wildman–Crippen LogP) is 3.81. The average Bonchev–Trinajstić information content (AvgIpc) is 3.19. The van der Waals surface area contributed by atoms with E-state index in [0.717, 1.165) is 17.0 Å². The smallest absolute Gasteiger partial charge is 0.256 e. The molecule has 24 heavy (non-hydrogen) atoms. The Kier molecular flexibility index (Phi) is 5.89. The first-order valence-electron chi connectivity index (χ1n) is 7.95. The number of anilines is 1. The minimum absolute atomic E-state index is 0.178. The molecule has 6 nitrogen and oxygen atoms in total. The largest absolute Gasteiger partial charge is 0.361 e. The van der Waals surface area contributed by atoms with E-state index in [9.17, 15) is 4.79 Å². The van der Waals surface area contributed by atoms with Gasteiger partial charge in [-0.15, -0.1) is 0 Å². The summed E-state index contributed by atoms with van der Waals surface area (Å²) in [6.07, 6.45) is 1.81. The van der Waals surface area contributed by atoms with E-state index in [-0.39, 0.29) is 5.91 Å². The molecule has 1 aromatic carbocycles. The zero-order valence-corrected chi connectivity index (χ0v) is 14.4. The van der Waals surface area contributed by atoms with Crippen LogP contribution >= 0.6 is 0 Å². The Morgan fingerprint density at radius 1 is 1.17 bits per heavy atom. The van der Waals surface area contributed by atoms with E-state index < -0.39 is 0 Å². The number of hydrogen-bond donors (Lipinski definition) is 1. The highest BCUT2D eigenvalue weighted by atomic mass is 16.5. The van der Waals surface area contributed by atoms with Crippen molar-refractivity contribution in [1.29, 1.82) is 0 Å². The van der Waals surface area contributed by atoms with E-state index in [1.165, 1.54) is 0 Å². The van der Waals surface area contributed by atoms with Crippen molar-refractivity contribution in [2.45, 2.75) is 34.2 Å². The van der Waals surface area contributed by atoms with Crippen LogP contribution in [0.3, 0.4) is 0 Å². The van der Waals surface area contributed by atoms with E-state index >= 15 is 0 Å². The first-order valence-corrected chi connectivity index (χ1v) is 7.95. The average molecular weight is 326 g/mol. The fourth-order valence-electron chi connectivity index (χ4n) is 2.18. The molecule has 0 radical (unpaired) electrons. The van der Waals surface area contributed by atoms with Crippen LogP contribution in [-0.4, -0.2) is 20.8 Å². The van der Waals surface area contributed by atoms with Crippen LogP contribution in [-0.2, 0) is 6.54 Å². The van der Waals surface area contributed by atoms with Gasteiger partial charge >= 0.3 is 0 Å². The van der Waals surface area contributed by atoms with Gasteiger partial charge in [-0.1, -0.05) is 37.2 Å². The Morgan fingerprint density at radius 2 is 1.88 bits per heavy atom. The topological polar surface area (TPSA) is 73.0 Å². The van der Waals surface area contributed by atoms with Crippen molar-refractivity contribution in [2.24, 2.45) is 0 Å². The molecule has 0 unspecified atom stereocenters. The Morgan fingerprint density at radius 3 is 2.50 bits per heavy atom. The van der Waals surface area contributed by atoms with Crippen LogP contribution in [0.1, 0.15) is 41.2 Å². The first kappa shape index (κ1) is 17.5. The SMILES string of the molecule is CC.Cc1noc(C)c1Cn1ccc(NC(=O)c2ccccc2)n1. The number of rotatable bonds is 4. The second-order valence-corrected chi connectivity index (χ2v) is 5.02. The molecule has 0 atom stereocenters. The van der Waals surface area contributed by atoms with Crippen molar-refractivity contribution in [2.75, 3.05) is 5.32 Å². The first-order chi connectivity index (χ1) is 11.6. The van der Waals surface area contributed by atoms with E-state index in [2.05, 4.69) is 15.6 Å². The standard InChI is InChI=1S/C16H16N4O2.C2H6/c1-11-14(12(2)22-19-11)10-20-9-8-15(18-20)17-16(21)13-6-4-3-5-7-13;1-2/h3-9H,10H2,1-2H3,(H,17,18,21);1-2H3. The second kappa shape index (κ2) is 8.10. The Labute approximate surface area is 141 Å². The fraction of sp³-hybridized carbons (Fsp3) is 0.278. The van der Waals surface area contributed by atoms with Crippen molar-refractivity contribution < 1.29 is 9.32 Å². The van der Waals surface area contributed by atoms with E-state index in [0.29, 0.717) is 17.9 Å². The van der Waals surface area contributed by atoms with Crippen LogP contribution in [0.25, 0.3) is 0 Å². The number of hydrogen-bond acceptors (Lipinski definition) is 4. The number of aryl methyl sites for hydroxylation is 2. The molecule has 0 spiro atoms. The molecule has 2 aromatic heterocycles. The normalized spacial score (nSPS) is 10.0. The summed E-state index contributed by atoms with van der Waals surface area (Å²) in [5.74, 6) is 1.12. The van der Waals surface area contributed by atoms with Crippen molar-refractivity contribution in [3.05, 3.63) is 65.2 Å². The molecule has 0 bridgehead atoms. The molecule has 0 aliphatic rings. The predicted molar refractivity (Wildman–Crippen MR) is 93.0 cm³/mol. The lowest BCUT2D eigenvalue weighted by molar-refractivity contribution is 0.102. The van der Waals surface area contributed by atoms with Crippen molar-refractivity contribution in [3.8, 4) is 0 Å². The Bertz CT molecular complexity index is 771. The third-order valence-corrected chi connectivity index (χ3v) is 3.42. The monoisotopic (exact) mass is 326 g/mol. The van der Waals surface area contributed by atoms with E-state index in [1.54, 1.807) is 22.9 Å². The van der Waals surface area contributed by atoms with Gasteiger partial charge < -0.3 is 9.84 Å². The molecule has 126 valence electrons. The molecule has 0 saturated carbocycles. The van der Waals surface area contributed by atoms with Crippen LogP contribution in [0.2, 0.25) is 0 Å². The second-order valence-electron chi connectivity index (χ2n) is 5.02. The molecular weight excluding hydrogens is 304 g/mol. The highest BCUT2D eigenvalue weighted by molar-refractivity contribution is 6.03. The summed E-state index contributed by atoms with van der Waals surface area (Å²) in [4.78, 5) is 12.1. The van der Waals surface area contributed by atoms with Crippen molar-refractivity contribution >= 4 is 11.7 Å². The number of benzene rings is 1. The van der Waals surface area contributed by atoms with Crippen LogP contribution in [0.15, 0.2) is 47.1 Å². The number of amides is 1. The van der Waals surface area contributed by atoms with Crippen LogP contribution in [0.5, 0.6) is 0 Å². The van der Waals surface area contributed by atoms with E-state index in [1.807, 2.05) is 52.1 Å². The molecule has 6 heteroatoms. The zero-order valence-electron chi connectivity index (χ0n) is 14.4. The lowest BCUT2D eigenvalue weighted by atomic mass is 10.2. The minimum atomic E-state index is -0.178. The summed E-state index contributed by atoms with van der Waals surface area (Å²) in [7, 11) is 0. The summed E-state index contributed by atoms with van der Waals surface area (Å²) in [5.41, 5.74) is 2.45. The minimum Gasteiger partial charge on any atom is -0.361 e. The summed E-state index contributed by atoms with van der Waals surface area (Å²) in [5, 5.41) is 11.0. The van der Waals surface area contributed by atoms with Gasteiger partial charge in [0.2, 0.25) is 0 Å². The summed E-state index contributed by atoms with van der Waals surface area (Å²) < 4.78 is 6.88. The van der Waals surface area contributed by atoms with Crippen molar-refractivity contribution in [3.63, 3.8) is 0 Å². The molecule has 0 saturated heterocycles. The molecule has 3 aromatic rings. The maximum atomic E-state index is 12.1. The maximum Gasteiger partial charge on any atom is 0.256 e. The molecule has 2 heterocycles. The van der Waals surface area contributed by atoms with Crippen LogP contribution < -0.4 is 5.32 Å². The number of nitrogens with zero attached hydrogens (tertiary/aromatic N) is 3. The third kappa shape index (κ3) is 4.10. The molecular formula is C18H22N4O2. The number of aromatic nitrogens is 3. The number of carbonyl (C=O) groups is 1. The van der Waals surface area contributed by atoms with Gasteiger partial charge in [-0.3, -0.25) is 9.48 Å². The fourth-order valence-corrected chi connectivity index (χ4v) is 2.18. The van der Waals surface area contributed by atoms with Gasteiger partial charge in [-0.2, -0.15) is 5.10 Å². The molecule has 1 N–H and O–H groups in total. The van der Waals surface area contributed by atoms with E-state index in [4.69, 9.17) is 4.52 Å². The molecule has 1 amide bonds. The Hall–Kier alpha value is -2.89. The molecule has 3 rings (SSSR count). The van der Waals surface area contributed by atoms with Gasteiger partial charge in [0.25, 0.3) is 5.91 Å². The van der Waals surface area contributed by atoms with Gasteiger partial charge in [-0.25, -0.2) is 0 Å². The van der Waals surface area contributed by atoms with Gasteiger partial charge in [0, 0.05) is 23.4 Å². The van der Waals surface area contributed by atoms with Gasteiger partial charge in [0.15, 0.2) is 5.82 Å². The third-order valence-electron chi connectivity index (χ3n) is 3.42. The lowest BCUT2D eigenvalue weighted by Gasteiger charge is -2.02. The molecule has 0 fully saturated rings. The maximum absolute atomic E-state index is 12.1. The Balaban J connectivity index is 0.00000100.